The maximum absolute atomic E-state index is 13.2. The number of aliphatic imine (C=N–C) groups is 1. The summed E-state index contributed by atoms with van der Waals surface area (Å²) in [5.74, 6) is 1.56. The lowest BCUT2D eigenvalue weighted by atomic mass is 9.84. The van der Waals surface area contributed by atoms with Crippen molar-refractivity contribution in [3.8, 4) is 6.19 Å². The first kappa shape index (κ1) is 23.3. The molecule has 10 heteroatoms. The van der Waals surface area contributed by atoms with Gasteiger partial charge >= 0.3 is 0 Å². The van der Waals surface area contributed by atoms with E-state index in [-0.39, 0.29) is 23.7 Å². The molecule has 2 amide bonds. The van der Waals surface area contributed by atoms with Gasteiger partial charge in [-0.15, -0.1) is 11.3 Å². The Bertz CT molecular complexity index is 1000. The van der Waals surface area contributed by atoms with Crippen molar-refractivity contribution in [1.82, 2.24) is 15.8 Å². The molecule has 1 aliphatic heterocycles. The topological polar surface area (TPSA) is 119 Å². The predicted octanol–water partition coefficient (Wildman–Crippen LogP) is 2.45. The van der Waals surface area contributed by atoms with E-state index in [9.17, 15) is 14.9 Å². The lowest BCUT2D eigenvalue weighted by Crippen LogP contribution is -2.48. The van der Waals surface area contributed by atoms with Gasteiger partial charge in [-0.3, -0.25) is 9.59 Å². The van der Waals surface area contributed by atoms with E-state index in [4.69, 9.17) is 4.74 Å². The summed E-state index contributed by atoms with van der Waals surface area (Å²) in [4.78, 5) is 31.0. The molecule has 182 valence electrons. The van der Waals surface area contributed by atoms with Crippen molar-refractivity contribution >= 4 is 34.0 Å². The van der Waals surface area contributed by atoms with Crippen LogP contribution in [0.1, 0.15) is 59.3 Å². The summed E-state index contributed by atoms with van der Waals surface area (Å²) in [6.45, 7) is 3.51. The van der Waals surface area contributed by atoms with Gasteiger partial charge in [-0.1, -0.05) is 0 Å². The van der Waals surface area contributed by atoms with Crippen LogP contribution in [0.15, 0.2) is 4.99 Å². The molecule has 0 spiro atoms. The number of hydrazine groups is 1. The molecule has 0 bridgehead atoms. The van der Waals surface area contributed by atoms with E-state index in [1.165, 1.54) is 17.7 Å². The zero-order valence-electron chi connectivity index (χ0n) is 19.4. The Kier molecular flexibility index (Phi) is 7.13. The highest BCUT2D eigenvalue weighted by Gasteiger charge is 2.34. The number of carbonyl (C=O) groups is 2. The minimum absolute atomic E-state index is 0.0320. The Labute approximate surface area is 203 Å². The van der Waals surface area contributed by atoms with E-state index in [2.05, 4.69) is 21.1 Å². The summed E-state index contributed by atoms with van der Waals surface area (Å²) in [7, 11) is 0. The zero-order valence-corrected chi connectivity index (χ0v) is 20.2. The SMILES string of the molecule is N#CN=C(CC1CCc2sc(NC(=O)C3CC3)c(C(=O)NCC3CC3)c2C1)NN1CCOCC1. The minimum Gasteiger partial charge on any atom is -0.379 e. The molecule has 3 aliphatic carbocycles. The Morgan fingerprint density at radius 2 is 1.94 bits per heavy atom. The molecule has 1 atom stereocenters. The molecule has 3 N–H and O–H groups in total. The van der Waals surface area contributed by atoms with Crippen LogP contribution in [0.4, 0.5) is 5.00 Å². The van der Waals surface area contributed by atoms with E-state index in [1.807, 2.05) is 11.2 Å². The number of nitriles is 1. The number of amidine groups is 1. The van der Waals surface area contributed by atoms with Crippen LogP contribution in [-0.2, 0) is 22.4 Å². The lowest BCUT2D eigenvalue weighted by Gasteiger charge is -2.30. The van der Waals surface area contributed by atoms with Crippen LogP contribution in [0.25, 0.3) is 0 Å². The van der Waals surface area contributed by atoms with Gasteiger partial charge in [0.1, 0.15) is 10.8 Å². The number of ether oxygens (including phenoxy) is 1. The summed E-state index contributed by atoms with van der Waals surface area (Å²) >= 11 is 1.56. The number of aryl methyl sites for hydroxylation is 1. The molecule has 0 radical (unpaired) electrons. The summed E-state index contributed by atoms with van der Waals surface area (Å²) in [5, 5.41) is 18.1. The van der Waals surface area contributed by atoms with Gasteiger partial charge in [0.15, 0.2) is 0 Å². The van der Waals surface area contributed by atoms with Crippen molar-refractivity contribution in [2.24, 2.45) is 22.7 Å². The highest BCUT2D eigenvalue weighted by atomic mass is 32.1. The second-order valence-corrected chi connectivity index (χ2v) is 10.9. The average Bonchev–Trinajstić information content (AvgIpc) is 3.75. The van der Waals surface area contributed by atoms with Gasteiger partial charge in [-0.25, -0.2) is 5.01 Å². The van der Waals surface area contributed by atoms with E-state index in [0.29, 0.717) is 48.5 Å². The van der Waals surface area contributed by atoms with E-state index in [1.54, 1.807) is 11.3 Å². The number of nitrogens with zero attached hydrogens (tertiary/aromatic N) is 3. The van der Waals surface area contributed by atoms with Crippen LogP contribution < -0.4 is 16.1 Å². The first-order chi connectivity index (χ1) is 16.6. The number of morpholine rings is 1. The Morgan fingerprint density at radius 3 is 2.65 bits per heavy atom. The van der Waals surface area contributed by atoms with E-state index < -0.39 is 0 Å². The number of carbonyl (C=O) groups excluding carboxylic acids is 2. The van der Waals surface area contributed by atoms with Gasteiger partial charge in [0.2, 0.25) is 12.1 Å². The number of hydrogen-bond acceptors (Lipinski definition) is 7. The quantitative estimate of drug-likeness (QED) is 0.296. The third kappa shape index (κ3) is 5.77. The van der Waals surface area contributed by atoms with Crippen molar-refractivity contribution in [1.29, 1.82) is 5.26 Å². The number of rotatable bonds is 8. The van der Waals surface area contributed by atoms with E-state index >= 15 is 0 Å². The standard InChI is InChI=1S/C24H32N6O3S/c25-14-27-20(29-30-7-9-33-10-8-30)12-16-3-6-19-18(11-16)21(23(32)26-13-15-1-2-15)24(34-19)28-22(31)17-4-5-17/h15-17H,1-13H2,(H,26,32)(H,27,29)(H,28,31). The van der Waals surface area contributed by atoms with Gasteiger partial charge in [-0.2, -0.15) is 10.3 Å². The van der Waals surface area contributed by atoms with Gasteiger partial charge in [-0.05, 0) is 62.3 Å². The second kappa shape index (κ2) is 10.4. The zero-order chi connectivity index (χ0) is 23.5. The molecule has 3 fully saturated rings. The van der Waals surface area contributed by atoms with Gasteiger partial charge < -0.3 is 20.8 Å². The molecule has 1 aromatic rings. The van der Waals surface area contributed by atoms with Gasteiger partial charge in [0.25, 0.3) is 5.91 Å². The van der Waals surface area contributed by atoms with Crippen LogP contribution in [-0.4, -0.2) is 55.5 Å². The van der Waals surface area contributed by atoms with Gasteiger partial charge in [0.05, 0.1) is 18.8 Å². The highest BCUT2D eigenvalue weighted by molar-refractivity contribution is 7.17. The molecule has 1 aromatic heterocycles. The van der Waals surface area contributed by atoms with Crippen LogP contribution in [0.3, 0.4) is 0 Å². The van der Waals surface area contributed by atoms with Crippen molar-refractivity contribution in [2.75, 3.05) is 38.2 Å². The number of amides is 2. The molecule has 0 aromatic carbocycles. The largest absolute Gasteiger partial charge is 0.379 e. The molecule has 1 saturated heterocycles. The normalized spacial score (nSPS) is 23.0. The number of fused-ring (bicyclic) bond motifs is 1. The molecule has 2 saturated carbocycles. The second-order valence-electron chi connectivity index (χ2n) is 9.81. The maximum atomic E-state index is 13.2. The lowest BCUT2D eigenvalue weighted by molar-refractivity contribution is -0.117. The van der Waals surface area contributed by atoms with Crippen LogP contribution in [0, 0.1) is 29.2 Å². The number of hydrogen-bond donors (Lipinski definition) is 3. The van der Waals surface area contributed by atoms with Crippen molar-refractivity contribution < 1.29 is 14.3 Å². The molecule has 34 heavy (non-hydrogen) atoms. The fourth-order valence-corrected chi connectivity index (χ4v) is 5.92. The Hall–Kier alpha value is -2.48. The van der Waals surface area contributed by atoms with Crippen LogP contribution in [0.2, 0.25) is 0 Å². The maximum Gasteiger partial charge on any atom is 0.254 e. The Balaban J connectivity index is 1.31. The molecular weight excluding hydrogens is 452 g/mol. The molecule has 4 aliphatic rings. The predicted molar refractivity (Wildman–Crippen MR) is 129 cm³/mol. The van der Waals surface area contributed by atoms with Crippen molar-refractivity contribution in [3.63, 3.8) is 0 Å². The highest BCUT2D eigenvalue weighted by Crippen LogP contribution is 2.42. The first-order valence-electron chi connectivity index (χ1n) is 12.4. The summed E-state index contributed by atoms with van der Waals surface area (Å²) < 4.78 is 5.40. The number of anilines is 1. The van der Waals surface area contributed by atoms with Crippen molar-refractivity contribution in [3.05, 3.63) is 16.0 Å². The molecular formula is C24H32N6O3S. The summed E-state index contributed by atoms with van der Waals surface area (Å²) in [6.07, 6.45) is 9.35. The fraction of sp³-hybridized carbons (Fsp3) is 0.667. The number of nitrogens with one attached hydrogen (secondary N) is 3. The third-order valence-electron chi connectivity index (χ3n) is 6.99. The van der Waals surface area contributed by atoms with E-state index in [0.717, 1.165) is 50.8 Å². The molecule has 9 nitrogen and oxygen atoms in total. The minimum atomic E-state index is -0.0755. The first-order valence-corrected chi connectivity index (χ1v) is 13.2. The molecule has 1 unspecified atom stereocenters. The third-order valence-corrected chi connectivity index (χ3v) is 8.20. The number of thiophene rings is 1. The summed E-state index contributed by atoms with van der Waals surface area (Å²) in [6, 6.07) is 0. The smallest absolute Gasteiger partial charge is 0.254 e. The fourth-order valence-electron chi connectivity index (χ4n) is 4.67. The molecule has 5 rings (SSSR count). The monoisotopic (exact) mass is 484 g/mol. The molecule has 2 heterocycles. The van der Waals surface area contributed by atoms with Gasteiger partial charge in [0, 0.05) is 36.9 Å². The Morgan fingerprint density at radius 1 is 1.15 bits per heavy atom. The summed E-state index contributed by atoms with van der Waals surface area (Å²) in [5.41, 5.74) is 5.01. The average molecular weight is 485 g/mol. The van der Waals surface area contributed by atoms with Crippen LogP contribution in [0.5, 0.6) is 0 Å². The van der Waals surface area contributed by atoms with Crippen LogP contribution >= 0.6 is 11.3 Å². The van der Waals surface area contributed by atoms with Crippen molar-refractivity contribution in [2.45, 2.75) is 51.4 Å².